The Hall–Kier alpha value is -1.47. The lowest BCUT2D eigenvalue weighted by molar-refractivity contribution is 0.563. The summed E-state index contributed by atoms with van der Waals surface area (Å²) in [5.41, 5.74) is 0. The molecule has 3 rings (SSSR count). The van der Waals surface area contributed by atoms with Gasteiger partial charge in [0.05, 0.1) is 0 Å². The molecular weight excluding hydrogens is 344 g/mol. The topological polar surface area (TPSA) is 0 Å². The largest absolute Gasteiger partial charge is 0.125 e. The molecule has 3 aromatic carbocycles. The van der Waals surface area contributed by atoms with Crippen molar-refractivity contribution < 1.29 is 0 Å². The lowest BCUT2D eigenvalue weighted by Crippen LogP contribution is -1.86. The van der Waals surface area contributed by atoms with Crippen LogP contribution in [0.1, 0.15) is 71.1 Å². The zero-order valence-electron chi connectivity index (χ0n) is 16.9. The van der Waals surface area contributed by atoms with Gasteiger partial charge in [0.15, 0.2) is 0 Å². The molecule has 0 heterocycles. The Morgan fingerprint density at radius 1 is 0.593 bits per heavy atom. The van der Waals surface area contributed by atoms with E-state index < -0.39 is 0 Å². The fraction of sp³-hybridized carbons (Fsp3) is 0.462. The van der Waals surface area contributed by atoms with Crippen molar-refractivity contribution in [3.05, 3.63) is 54.6 Å². The van der Waals surface area contributed by atoms with Gasteiger partial charge in [-0.15, -0.1) is 11.8 Å². The molecule has 0 radical (unpaired) electrons. The molecule has 144 valence electrons. The molecule has 0 bridgehead atoms. The summed E-state index contributed by atoms with van der Waals surface area (Å²) in [6.07, 6.45) is 14.1. The molecule has 0 aliphatic carbocycles. The van der Waals surface area contributed by atoms with Crippen molar-refractivity contribution in [3.63, 3.8) is 0 Å². The summed E-state index contributed by atoms with van der Waals surface area (Å²) in [4.78, 5) is 1.44. The molecule has 0 nitrogen and oxygen atoms in total. The van der Waals surface area contributed by atoms with E-state index in [0.29, 0.717) is 0 Å². The van der Waals surface area contributed by atoms with Crippen LogP contribution in [0.25, 0.3) is 21.5 Å². The van der Waals surface area contributed by atoms with Gasteiger partial charge in [-0.3, -0.25) is 0 Å². The molecule has 0 aliphatic heterocycles. The van der Waals surface area contributed by atoms with Gasteiger partial charge in [-0.05, 0) is 39.8 Å². The number of hydrogen-bond acceptors (Lipinski definition) is 1. The second kappa shape index (κ2) is 11.4. The van der Waals surface area contributed by atoms with Crippen LogP contribution in [0.5, 0.6) is 0 Å². The first-order valence-corrected chi connectivity index (χ1v) is 11.9. The van der Waals surface area contributed by atoms with Gasteiger partial charge in [0.25, 0.3) is 0 Å². The Labute approximate surface area is 169 Å². The second-order valence-corrected chi connectivity index (χ2v) is 8.81. The molecular formula is C26H34S. The summed E-state index contributed by atoms with van der Waals surface area (Å²) >= 11 is 2.04. The standard InChI is InChI=1S/C26H34S/c1-2-3-4-5-6-7-8-9-10-15-20-27-26-21-22-16-11-12-17-23(22)24-18-13-14-19-25(24)26/h11-14,16-19,21H,2-10,15,20H2,1H3. The molecule has 0 saturated carbocycles. The minimum absolute atomic E-state index is 1.23. The third-order valence-corrected chi connectivity index (χ3v) is 6.63. The zero-order chi connectivity index (χ0) is 18.7. The highest BCUT2D eigenvalue weighted by Gasteiger charge is 2.06. The lowest BCUT2D eigenvalue weighted by Gasteiger charge is -2.10. The van der Waals surface area contributed by atoms with Crippen molar-refractivity contribution in [3.8, 4) is 0 Å². The number of hydrogen-bond donors (Lipinski definition) is 0. The molecule has 0 saturated heterocycles. The quantitative estimate of drug-likeness (QED) is 0.172. The van der Waals surface area contributed by atoms with E-state index >= 15 is 0 Å². The van der Waals surface area contributed by atoms with Crippen LogP contribution in [-0.2, 0) is 0 Å². The Kier molecular flexibility index (Phi) is 8.55. The van der Waals surface area contributed by atoms with E-state index in [1.54, 1.807) is 0 Å². The van der Waals surface area contributed by atoms with Crippen molar-refractivity contribution in [2.24, 2.45) is 0 Å². The maximum Gasteiger partial charge on any atom is 0.0157 e. The summed E-state index contributed by atoms with van der Waals surface area (Å²) < 4.78 is 0. The maximum absolute atomic E-state index is 2.39. The van der Waals surface area contributed by atoms with Gasteiger partial charge < -0.3 is 0 Å². The predicted molar refractivity (Wildman–Crippen MR) is 124 cm³/mol. The highest BCUT2D eigenvalue weighted by atomic mass is 32.2. The van der Waals surface area contributed by atoms with Crippen LogP contribution >= 0.6 is 11.8 Å². The van der Waals surface area contributed by atoms with Gasteiger partial charge >= 0.3 is 0 Å². The SMILES string of the molecule is CCCCCCCCCCCCSc1cc2ccccc2c2ccccc12. The van der Waals surface area contributed by atoms with Gasteiger partial charge in [-0.25, -0.2) is 0 Å². The molecule has 0 unspecified atom stereocenters. The summed E-state index contributed by atoms with van der Waals surface area (Å²) in [7, 11) is 0. The minimum Gasteiger partial charge on any atom is -0.125 e. The van der Waals surface area contributed by atoms with Gasteiger partial charge in [-0.2, -0.15) is 0 Å². The zero-order valence-corrected chi connectivity index (χ0v) is 17.7. The Morgan fingerprint density at radius 3 is 1.85 bits per heavy atom. The van der Waals surface area contributed by atoms with E-state index in [0.717, 1.165) is 0 Å². The first kappa shape index (κ1) is 20.3. The summed E-state index contributed by atoms with van der Waals surface area (Å²) in [5.74, 6) is 1.23. The van der Waals surface area contributed by atoms with Crippen LogP contribution in [-0.4, -0.2) is 5.75 Å². The van der Waals surface area contributed by atoms with Crippen LogP contribution in [0, 0.1) is 0 Å². The van der Waals surface area contributed by atoms with Crippen LogP contribution in [0.15, 0.2) is 59.5 Å². The van der Waals surface area contributed by atoms with E-state index in [-0.39, 0.29) is 0 Å². The normalized spacial score (nSPS) is 11.4. The molecule has 0 atom stereocenters. The maximum atomic E-state index is 2.39. The molecule has 0 aromatic heterocycles. The second-order valence-electron chi connectivity index (χ2n) is 7.67. The fourth-order valence-electron chi connectivity index (χ4n) is 3.91. The summed E-state index contributed by atoms with van der Waals surface area (Å²) in [6, 6.07) is 20.0. The average Bonchev–Trinajstić information content (AvgIpc) is 2.72. The molecule has 0 aliphatic rings. The van der Waals surface area contributed by atoms with Crippen LogP contribution in [0.2, 0.25) is 0 Å². The van der Waals surface area contributed by atoms with Gasteiger partial charge in [0.1, 0.15) is 0 Å². The first-order chi connectivity index (χ1) is 13.4. The van der Waals surface area contributed by atoms with Crippen molar-refractivity contribution in [2.75, 3.05) is 5.75 Å². The van der Waals surface area contributed by atoms with Crippen molar-refractivity contribution in [1.29, 1.82) is 0 Å². The van der Waals surface area contributed by atoms with E-state index in [1.807, 2.05) is 11.8 Å². The number of fused-ring (bicyclic) bond motifs is 3. The Bertz CT molecular complexity index is 821. The third kappa shape index (κ3) is 6.01. The highest BCUT2D eigenvalue weighted by molar-refractivity contribution is 7.99. The van der Waals surface area contributed by atoms with E-state index in [1.165, 1.54) is 96.4 Å². The molecule has 27 heavy (non-hydrogen) atoms. The van der Waals surface area contributed by atoms with E-state index in [9.17, 15) is 0 Å². The van der Waals surface area contributed by atoms with Gasteiger partial charge in [0, 0.05) is 4.90 Å². The van der Waals surface area contributed by atoms with Crippen LogP contribution < -0.4 is 0 Å². The van der Waals surface area contributed by atoms with Crippen molar-refractivity contribution >= 4 is 33.3 Å². The number of rotatable bonds is 12. The fourth-order valence-corrected chi connectivity index (χ4v) is 5.02. The highest BCUT2D eigenvalue weighted by Crippen LogP contribution is 2.34. The predicted octanol–water partition coefficient (Wildman–Crippen LogP) is 9.01. The number of thioether (sulfide) groups is 1. The number of benzene rings is 3. The smallest absolute Gasteiger partial charge is 0.0157 e. The molecule has 0 spiro atoms. The average molecular weight is 379 g/mol. The third-order valence-electron chi connectivity index (χ3n) is 5.49. The Morgan fingerprint density at radius 2 is 1.15 bits per heavy atom. The Balaban J connectivity index is 1.44. The summed E-state index contributed by atoms with van der Waals surface area (Å²) in [5, 5.41) is 5.53. The minimum atomic E-state index is 1.23. The van der Waals surface area contributed by atoms with E-state index in [2.05, 4.69) is 61.5 Å². The molecule has 3 aromatic rings. The first-order valence-electron chi connectivity index (χ1n) is 10.9. The number of unbranched alkanes of at least 4 members (excludes halogenated alkanes) is 9. The van der Waals surface area contributed by atoms with Crippen LogP contribution in [0.4, 0.5) is 0 Å². The molecule has 1 heteroatoms. The summed E-state index contributed by atoms with van der Waals surface area (Å²) in [6.45, 7) is 2.29. The molecule has 0 N–H and O–H groups in total. The van der Waals surface area contributed by atoms with Gasteiger partial charge in [0.2, 0.25) is 0 Å². The molecule has 0 amide bonds. The molecule has 0 fully saturated rings. The lowest BCUT2D eigenvalue weighted by atomic mass is 10.0. The van der Waals surface area contributed by atoms with E-state index in [4.69, 9.17) is 0 Å². The van der Waals surface area contributed by atoms with Gasteiger partial charge in [-0.1, -0.05) is 113 Å². The van der Waals surface area contributed by atoms with Crippen LogP contribution in [0.3, 0.4) is 0 Å². The van der Waals surface area contributed by atoms with Crippen molar-refractivity contribution in [1.82, 2.24) is 0 Å². The van der Waals surface area contributed by atoms with Crippen molar-refractivity contribution in [2.45, 2.75) is 76.0 Å². The monoisotopic (exact) mass is 378 g/mol.